The Bertz CT molecular complexity index is 1580. The van der Waals surface area contributed by atoms with Crippen molar-refractivity contribution < 1.29 is 32.2 Å². The molecule has 8 heterocycles. The van der Waals surface area contributed by atoms with E-state index in [1.807, 2.05) is 38.1 Å². The highest BCUT2D eigenvalue weighted by Gasteiger charge is 2.56. The van der Waals surface area contributed by atoms with Gasteiger partial charge in [-0.05, 0) is 55.8 Å². The highest BCUT2D eigenvalue weighted by atomic mass is 19.4. The van der Waals surface area contributed by atoms with Crippen LogP contribution < -0.4 is 20.1 Å². The number of halogens is 3. The van der Waals surface area contributed by atoms with Gasteiger partial charge in [-0.2, -0.15) is 28.1 Å². The molecule has 2 aromatic carbocycles. The first-order valence-electron chi connectivity index (χ1n) is 15.1. The van der Waals surface area contributed by atoms with E-state index < -0.39 is 29.6 Å². The van der Waals surface area contributed by atoms with Crippen molar-refractivity contribution in [1.82, 2.24) is 24.8 Å². The summed E-state index contributed by atoms with van der Waals surface area (Å²) in [5.41, 5.74) is 0.393. The van der Waals surface area contributed by atoms with Crippen molar-refractivity contribution in [1.29, 1.82) is 0 Å². The van der Waals surface area contributed by atoms with Crippen LogP contribution in [0.2, 0.25) is 0 Å². The Balaban J connectivity index is 1.31. The molecular weight excluding hydrogens is 603 g/mol. The molecule has 2 saturated heterocycles. The molecule has 10 bridgehead atoms. The van der Waals surface area contributed by atoms with Crippen LogP contribution in [-0.2, 0) is 11.3 Å². The normalized spacial score (nSPS) is 26.7. The standard InChI is InChI=1S/C32H36F3N7O4/c1-20-13-41-15-30(2)17-42(18-31(3,16-41)26(30)44)25(43)22-6-8-23(9-7-22)37-28-38-27(39-29(40-28)46-19-32(33,34)35)36-12-21-4-10-24(11-5-21)45-14-20/h4-11,20H,12-19H2,1-3H3,(H2,36,37,38,39,40). The van der Waals surface area contributed by atoms with E-state index >= 15 is 0 Å². The van der Waals surface area contributed by atoms with Crippen LogP contribution in [0.4, 0.5) is 30.8 Å². The summed E-state index contributed by atoms with van der Waals surface area (Å²) < 4.78 is 49.5. The number of ketones is 1. The number of ether oxygens (including phenoxy) is 2. The molecule has 46 heavy (non-hydrogen) atoms. The smallest absolute Gasteiger partial charge is 0.422 e. The minimum atomic E-state index is -4.58. The first-order chi connectivity index (χ1) is 21.8. The van der Waals surface area contributed by atoms with Crippen molar-refractivity contribution in [3.63, 3.8) is 0 Å². The second kappa shape index (κ2) is 12.0. The van der Waals surface area contributed by atoms with Gasteiger partial charge in [0.15, 0.2) is 12.4 Å². The zero-order valence-corrected chi connectivity index (χ0v) is 25.9. The SMILES string of the molecule is CC1COc2ccc(cc2)CNc2nc(nc(OCC(F)(F)F)n2)Nc2ccc(cc2)C(=O)N2CC3(C)CN(C1)CC(C)(C2)C3=O. The second-order valence-electron chi connectivity index (χ2n) is 13.1. The van der Waals surface area contributed by atoms with Crippen LogP contribution in [0.25, 0.3) is 0 Å². The molecule has 0 aliphatic carbocycles. The van der Waals surface area contributed by atoms with Gasteiger partial charge in [-0.3, -0.25) is 9.59 Å². The number of carbonyl (C=O) groups excluding carboxylic acids is 2. The molecule has 0 spiro atoms. The molecule has 3 aromatic rings. The number of rotatable bonds is 2. The number of alkyl halides is 3. The van der Waals surface area contributed by atoms with E-state index in [9.17, 15) is 22.8 Å². The summed E-state index contributed by atoms with van der Waals surface area (Å²) in [6.07, 6.45) is -4.58. The minimum absolute atomic E-state index is 0.00911. The number of benzene rings is 2. The highest BCUT2D eigenvalue weighted by molar-refractivity contribution is 5.98. The van der Waals surface area contributed by atoms with Crippen molar-refractivity contribution >= 4 is 29.3 Å². The third-order valence-corrected chi connectivity index (χ3v) is 8.45. The fourth-order valence-electron chi connectivity index (χ4n) is 6.66. The van der Waals surface area contributed by atoms with Gasteiger partial charge >= 0.3 is 12.2 Å². The molecule has 7 aliphatic heterocycles. The van der Waals surface area contributed by atoms with Gasteiger partial charge in [0.1, 0.15) is 5.75 Å². The van der Waals surface area contributed by atoms with Gasteiger partial charge in [-0.15, -0.1) is 0 Å². The fourth-order valence-corrected chi connectivity index (χ4v) is 6.66. The molecule has 2 fully saturated rings. The van der Waals surface area contributed by atoms with Crippen LogP contribution in [0.3, 0.4) is 0 Å². The molecule has 3 unspecified atom stereocenters. The third kappa shape index (κ3) is 7.01. The van der Waals surface area contributed by atoms with Gasteiger partial charge in [0.25, 0.3) is 5.91 Å². The summed E-state index contributed by atoms with van der Waals surface area (Å²) in [6, 6.07) is 13.6. The first kappa shape index (κ1) is 31.5. The maximum Gasteiger partial charge on any atom is 0.422 e. The number of carbonyl (C=O) groups is 2. The topological polar surface area (TPSA) is 122 Å². The largest absolute Gasteiger partial charge is 0.493 e. The Morgan fingerprint density at radius 1 is 0.935 bits per heavy atom. The minimum Gasteiger partial charge on any atom is -0.493 e. The number of amides is 1. The molecule has 7 aliphatic rings. The molecule has 1 aromatic heterocycles. The summed E-state index contributed by atoms with van der Waals surface area (Å²) >= 11 is 0. The molecule has 10 rings (SSSR count). The zero-order chi connectivity index (χ0) is 32.7. The van der Waals surface area contributed by atoms with Gasteiger partial charge in [-0.1, -0.05) is 19.1 Å². The fraction of sp³-hybridized carbons (Fsp3) is 0.469. The quantitative estimate of drug-likeness (QED) is 0.413. The Labute approximate surface area is 264 Å². The van der Waals surface area contributed by atoms with Crippen LogP contribution in [0.1, 0.15) is 36.7 Å². The van der Waals surface area contributed by atoms with Crippen molar-refractivity contribution in [2.45, 2.75) is 33.5 Å². The monoisotopic (exact) mass is 639 g/mol. The Hall–Kier alpha value is -4.46. The average molecular weight is 640 g/mol. The summed E-state index contributed by atoms with van der Waals surface area (Å²) in [7, 11) is 0. The number of piperidine rings is 2. The van der Waals surface area contributed by atoms with Gasteiger partial charge in [0, 0.05) is 56.4 Å². The van der Waals surface area contributed by atoms with Crippen LogP contribution >= 0.6 is 0 Å². The highest BCUT2D eigenvalue weighted by Crippen LogP contribution is 2.43. The van der Waals surface area contributed by atoms with Crippen LogP contribution in [-0.4, -0.2) is 88.6 Å². The maximum atomic E-state index is 13.7. The van der Waals surface area contributed by atoms with Crippen molar-refractivity contribution in [3.05, 3.63) is 59.7 Å². The molecule has 0 saturated carbocycles. The van der Waals surface area contributed by atoms with Crippen LogP contribution in [0, 0.1) is 16.7 Å². The predicted octanol–water partition coefficient (Wildman–Crippen LogP) is 4.55. The lowest BCUT2D eigenvalue weighted by Gasteiger charge is -2.55. The Kier molecular flexibility index (Phi) is 8.25. The summed E-state index contributed by atoms with van der Waals surface area (Å²) in [5, 5.41) is 5.97. The number of hydrogen-bond acceptors (Lipinski definition) is 10. The summed E-state index contributed by atoms with van der Waals surface area (Å²) in [5.74, 6) is 0.855. The van der Waals surface area contributed by atoms with E-state index in [2.05, 4.69) is 37.4 Å². The average Bonchev–Trinajstić information content (AvgIpc) is 2.99. The first-order valence-corrected chi connectivity index (χ1v) is 15.1. The number of hydrogen-bond donors (Lipinski definition) is 2. The zero-order valence-electron chi connectivity index (χ0n) is 25.9. The molecule has 0 radical (unpaired) electrons. The van der Waals surface area contributed by atoms with E-state index in [1.165, 1.54) is 0 Å². The van der Waals surface area contributed by atoms with E-state index in [-0.39, 0.29) is 36.0 Å². The van der Waals surface area contributed by atoms with Gasteiger partial charge in [0.2, 0.25) is 11.9 Å². The van der Waals surface area contributed by atoms with Crippen LogP contribution in [0.5, 0.6) is 11.8 Å². The van der Waals surface area contributed by atoms with Crippen LogP contribution in [0.15, 0.2) is 48.5 Å². The molecule has 3 atom stereocenters. The summed E-state index contributed by atoms with van der Waals surface area (Å²) in [6.45, 7) is 7.71. The van der Waals surface area contributed by atoms with E-state index in [1.54, 1.807) is 29.2 Å². The third-order valence-electron chi connectivity index (χ3n) is 8.45. The lowest BCUT2D eigenvalue weighted by atomic mass is 9.64. The number of anilines is 3. The number of aromatic nitrogens is 3. The van der Waals surface area contributed by atoms with E-state index in [4.69, 9.17) is 9.47 Å². The van der Waals surface area contributed by atoms with Gasteiger partial charge < -0.3 is 29.9 Å². The molecule has 1 amide bonds. The van der Waals surface area contributed by atoms with Gasteiger partial charge in [-0.25, -0.2) is 0 Å². The maximum absolute atomic E-state index is 13.7. The van der Waals surface area contributed by atoms with Gasteiger partial charge in [0.05, 0.1) is 17.4 Å². The van der Waals surface area contributed by atoms with Crippen molar-refractivity contribution in [3.8, 4) is 11.8 Å². The Morgan fingerprint density at radius 3 is 2.24 bits per heavy atom. The molecule has 2 N–H and O–H groups in total. The second-order valence-corrected chi connectivity index (χ2v) is 13.1. The number of nitrogens with zero attached hydrogens (tertiary/aromatic N) is 5. The van der Waals surface area contributed by atoms with E-state index in [0.29, 0.717) is 49.8 Å². The number of Topliss-reactive ketones (excluding diaryl/α,β-unsaturated/α-hetero) is 1. The molecule has 14 heteroatoms. The predicted molar refractivity (Wildman–Crippen MR) is 163 cm³/mol. The molecule has 11 nitrogen and oxygen atoms in total. The van der Waals surface area contributed by atoms with E-state index in [0.717, 1.165) is 12.1 Å². The van der Waals surface area contributed by atoms with Crippen molar-refractivity contribution in [2.75, 3.05) is 56.6 Å². The summed E-state index contributed by atoms with van der Waals surface area (Å²) in [4.78, 5) is 43.7. The molecule has 244 valence electrons. The lowest BCUT2D eigenvalue weighted by molar-refractivity contribution is -0.156. The Morgan fingerprint density at radius 2 is 1.59 bits per heavy atom. The molecular formula is C32H36F3N7O4. The van der Waals surface area contributed by atoms with Crippen molar-refractivity contribution in [2.24, 2.45) is 16.7 Å². The number of nitrogens with one attached hydrogen (secondary N) is 2. The lowest BCUT2D eigenvalue weighted by Crippen LogP contribution is -2.69.